The minimum atomic E-state index is -0.699. The number of nitrogens with zero attached hydrogens (tertiary/aromatic N) is 3. The largest absolute Gasteiger partial charge is 0.368 e. The Morgan fingerprint density at radius 2 is 1.82 bits per heavy atom. The third-order valence-electron chi connectivity index (χ3n) is 8.51. The molecule has 3 unspecified atom stereocenters. The Balaban J connectivity index is 1.28. The van der Waals surface area contributed by atoms with Crippen molar-refractivity contribution in [1.29, 1.82) is 0 Å². The van der Waals surface area contributed by atoms with Crippen LogP contribution in [0.25, 0.3) is 11.0 Å². The summed E-state index contributed by atoms with van der Waals surface area (Å²) in [5, 5.41) is 0. The molecule has 7 heteroatoms. The zero-order valence-corrected chi connectivity index (χ0v) is 19.5. The van der Waals surface area contributed by atoms with E-state index in [0.29, 0.717) is 12.0 Å². The number of halogens is 1. The highest BCUT2D eigenvalue weighted by Crippen LogP contribution is 2.51. The predicted molar refractivity (Wildman–Crippen MR) is 129 cm³/mol. The van der Waals surface area contributed by atoms with Crippen molar-refractivity contribution in [3.05, 3.63) is 69.4 Å². The predicted octanol–water partition coefficient (Wildman–Crippen LogP) is 4.19. The summed E-state index contributed by atoms with van der Waals surface area (Å²) in [5.41, 5.74) is 10.6. The second-order valence-electron chi connectivity index (χ2n) is 10.2. The first-order valence-corrected chi connectivity index (χ1v) is 12.5. The van der Waals surface area contributed by atoms with E-state index in [1.54, 1.807) is 13.0 Å². The number of nitrogens with two attached hydrogens (primary N) is 1. The van der Waals surface area contributed by atoms with Crippen LogP contribution in [-0.4, -0.2) is 33.0 Å². The fourth-order valence-electron chi connectivity index (χ4n) is 6.83. The molecule has 2 heterocycles. The minimum absolute atomic E-state index is 0.0382. The van der Waals surface area contributed by atoms with Crippen LogP contribution in [0.1, 0.15) is 79.8 Å². The number of amides is 1. The molecule has 1 aromatic heterocycles. The number of fused-ring (bicyclic) bond motifs is 1. The topological polar surface area (TPSA) is 73.3 Å². The Morgan fingerprint density at radius 3 is 2.56 bits per heavy atom. The van der Waals surface area contributed by atoms with E-state index in [2.05, 4.69) is 4.90 Å². The Labute approximate surface area is 198 Å². The van der Waals surface area contributed by atoms with Crippen molar-refractivity contribution in [2.24, 2.45) is 5.73 Å². The molecule has 0 radical (unpaired) electrons. The maximum atomic E-state index is 14.5. The third-order valence-corrected chi connectivity index (χ3v) is 8.51. The monoisotopic (exact) mass is 462 g/mol. The Bertz CT molecular complexity index is 1330. The first-order chi connectivity index (χ1) is 16.5. The van der Waals surface area contributed by atoms with E-state index in [4.69, 9.17) is 5.73 Å². The summed E-state index contributed by atoms with van der Waals surface area (Å²) >= 11 is 0. The highest BCUT2D eigenvalue weighted by atomic mass is 19.1. The number of carbonyl (C=O) groups is 1. The Hall–Kier alpha value is -2.93. The molecule has 1 fully saturated rings. The van der Waals surface area contributed by atoms with Gasteiger partial charge in [-0.05, 0) is 86.3 Å². The number of benzene rings is 2. The number of hydrogen-bond acceptors (Lipinski definition) is 3. The number of rotatable bonds is 4. The molecule has 0 bridgehead atoms. The van der Waals surface area contributed by atoms with Crippen LogP contribution in [-0.2, 0) is 11.2 Å². The molecule has 6 rings (SSSR count). The van der Waals surface area contributed by atoms with E-state index in [0.717, 1.165) is 68.2 Å². The van der Waals surface area contributed by atoms with Gasteiger partial charge in [0.05, 0.1) is 11.0 Å². The molecule has 178 valence electrons. The molecular weight excluding hydrogens is 431 g/mol. The van der Waals surface area contributed by atoms with Crippen molar-refractivity contribution >= 4 is 16.9 Å². The van der Waals surface area contributed by atoms with Crippen LogP contribution in [0.3, 0.4) is 0 Å². The molecule has 2 N–H and O–H groups in total. The van der Waals surface area contributed by atoms with Crippen molar-refractivity contribution in [2.45, 2.75) is 69.5 Å². The second kappa shape index (κ2) is 8.08. The second-order valence-corrected chi connectivity index (χ2v) is 10.2. The van der Waals surface area contributed by atoms with Gasteiger partial charge in [0.25, 0.3) is 0 Å². The molecule has 2 aromatic carbocycles. The highest BCUT2D eigenvalue weighted by molar-refractivity contribution is 5.82. The van der Waals surface area contributed by atoms with E-state index < -0.39 is 11.9 Å². The summed E-state index contributed by atoms with van der Waals surface area (Å²) < 4.78 is 17.9. The maximum absolute atomic E-state index is 14.5. The molecule has 3 aliphatic rings. The molecule has 3 aromatic rings. The summed E-state index contributed by atoms with van der Waals surface area (Å²) in [4.78, 5) is 27.9. The Kier molecular flexibility index (Phi) is 5.13. The van der Waals surface area contributed by atoms with Crippen LogP contribution in [0, 0.1) is 5.82 Å². The van der Waals surface area contributed by atoms with Crippen molar-refractivity contribution in [3.63, 3.8) is 0 Å². The first-order valence-electron chi connectivity index (χ1n) is 12.5. The number of carbonyl (C=O) groups excluding carboxylic acids is 1. The number of primary amides is 1. The molecule has 3 atom stereocenters. The lowest BCUT2D eigenvalue weighted by atomic mass is 9.84. The van der Waals surface area contributed by atoms with Gasteiger partial charge in [-0.25, -0.2) is 9.18 Å². The van der Waals surface area contributed by atoms with E-state index in [1.807, 2.05) is 34.9 Å². The standard InChI is InChI=1S/C27H31FN4O2/c1-16(26(29)33)31-22-7-2-3-8-23(22)32(27(31)34)18-11-13-30(14-12-18)24-15-17-5-4-6-19-21(28)10-9-20(24)25(17)19/h2-3,7-10,16-18,24H,4-6,11-15H2,1H3,(H2,29,33). The van der Waals surface area contributed by atoms with Crippen LogP contribution in [0.5, 0.6) is 0 Å². The van der Waals surface area contributed by atoms with E-state index in [9.17, 15) is 14.0 Å². The van der Waals surface area contributed by atoms with Crippen LogP contribution in [0.15, 0.2) is 41.2 Å². The highest BCUT2D eigenvalue weighted by Gasteiger charge is 2.40. The zero-order valence-electron chi connectivity index (χ0n) is 19.5. The fourth-order valence-corrected chi connectivity index (χ4v) is 6.83. The van der Waals surface area contributed by atoms with Gasteiger partial charge in [-0.15, -0.1) is 0 Å². The van der Waals surface area contributed by atoms with Gasteiger partial charge in [-0.2, -0.15) is 0 Å². The van der Waals surface area contributed by atoms with Gasteiger partial charge in [0.15, 0.2) is 0 Å². The average molecular weight is 463 g/mol. The number of imidazole rings is 1. The van der Waals surface area contributed by atoms with Crippen LogP contribution < -0.4 is 11.4 Å². The van der Waals surface area contributed by atoms with Crippen molar-refractivity contribution in [3.8, 4) is 0 Å². The van der Waals surface area contributed by atoms with Gasteiger partial charge >= 0.3 is 5.69 Å². The van der Waals surface area contributed by atoms with E-state index in [1.165, 1.54) is 15.7 Å². The lowest BCUT2D eigenvalue weighted by molar-refractivity contribution is -0.120. The lowest BCUT2D eigenvalue weighted by Gasteiger charge is -2.37. The third kappa shape index (κ3) is 3.17. The molecule has 2 aliphatic carbocycles. The van der Waals surface area contributed by atoms with Gasteiger partial charge in [-0.1, -0.05) is 18.2 Å². The summed E-state index contributed by atoms with van der Waals surface area (Å²) in [5.74, 6) is -0.0701. The van der Waals surface area contributed by atoms with Crippen LogP contribution >= 0.6 is 0 Å². The number of aromatic nitrogens is 2. The fraction of sp³-hybridized carbons (Fsp3) is 0.481. The first kappa shape index (κ1) is 21.6. The zero-order chi connectivity index (χ0) is 23.6. The van der Waals surface area contributed by atoms with E-state index in [-0.39, 0.29) is 17.5 Å². The van der Waals surface area contributed by atoms with Gasteiger partial charge in [0.1, 0.15) is 11.9 Å². The molecule has 1 aliphatic heterocycles. The lowest BCUT2D eigenvalue weighted by Crippen LogP contribution is -2.40. The van der Waals surface area contributed by atoms with Gasteiger partial charge in [0.2, 0.25) is 5.91 Å². The molecule has 1 amide bonds. The molecular formula is C27H31FN4O2. The summed E-state index contributed by atoms with van der Waals surface area (Å²) in [6.07, 6.45) is 5.89. The van der Waals surface area contributed by atoms with Gasteiger partial charge in [-0.3, -0.25) is 18.8 Å². The van der Waals surface area contributed by atoms with Gasteiger partial charge in [0, 0.05) is 25.2 Å². The van der Waals surface area contributed by atoms with Crippen molar-refractivity contribution in [1.82, 2.24) is 14.0 Å². The van der Waals surface area contributed by atoms with Crippen LogP contribution in [0.4, 0.5) is 4.39 Å². The maximum Gasteiger partial charge on any atom is 0.330 e. The van der Waals surface area contributed by atoms with Crippen LogP contribution in [0.2, 0.25) is 0 Å². The van der Waals surface area contributed by atoms with E-state index >= 15 is 0 Å². The average Bonchev–Trinajstić information content (AvgIpc) is 3.36. The van der Waals surface area contributed by atoms with Crippen molar-refractivity contribution < 1.29 is 9.18 Å². The minimum Gasteiger partial charge on any atom is -0.368 e. The summed E-state index contributed by atoms with van der Waals surface area (Å²) in [6.45, 7) is 3.47. The molecule has 0 saturated carbocycles. The number of piperidine rings is 1. The molecule has 6 nitrogen and oxygen atoms in total. The Morgan fingerprint density at radius 1 is 1.09 bits per heavy atom. The van der Waals surface area contributed by atoms with Gasteiger partial charge < -0.3 is 5.73 Å². The number of hydrogen-bond donors (Lipinski definition) is 1. The molecule has 34 heavy (non-hydrogen) atoms. The summed E-state index contributed by atoms with van der Waals surface area (Å²) in [6, 6.07) is 11.0. The molecule has 0 spiro atoms. The van der Waals surface area contributed by atoms with Crippen molar-refractivity contribution in [2.75, 3.05) is 13.1 Å². The summed E-state index contributed by atoms with van der Waals surface area (Å²) in [7, 11) is 0. The molecule has 1 saturated heterocycles. The normalized spacial score (nSPS) is 23.8. The smallest absolute Gasteiger partial charge is 0.330 e. The quantitative estimate of drug-likeness (QED) is 0.632. The SMILES string of the molecule is CC(C(N)=O)n1c(=O)n(C2CCN(C3CC4CCCc5c(F)ccc3c54)CC2)c2ccccc21. The number of likely N-dealkylation sites (tertiary alicyclic amines) is 1. The number of para-hydroxylation sites is 2.